The molecule has 5 nitrogen and oxygen atoms in total. The molecule has 4 rings (SSSR count). The van der Waals surface area contributed by atoms with Crippen LogP contribution in [0, 0.1) is 12.7 Å². The lowest BCUT2D eigenvalue weighted by molar-refractivity contribution is 0.571. The van der Waals surface area contributed by atoms with Crippen LogP contribution in [0.15, 0.2) is 60.9 Å². The first-order chi connectivity index (χ1) is 14.4. The summed E-state index contributed by atoms with van der Waals surface area (Å²) in [6.45, 7) is 4.77. The fourth-order valence-corrected chi connectivity index (χ4v) is 3.68. The van der Waals surface area contributed by atoms with E-state index in [1.807, 2.05) is 48.4 Å². The van der Waals surface area contributed by atoms with Crippen molar-refractivity contribution >= 4 is 11.6 Å². The molecule has 154 valence electrons. The largest absolute Gasteiger partial charge is 0.306 e. The molecule has 2 aromatic carbocycles. The molecule has 0 bridgehead atoms. The maximum absolute atomic E-state index is 13.3. The molecule has 0 aliphatic carbocycles. The van der Waals surface area contributed by atoms with Gasteiger partial charge in [-0.3, -0.25) is 4.68 Å². The second-order valence-electron chi connectivity index (χ2n) is 7.32. The molecule has 0 radical (unpaired) electrons. The number of rotatable bonds is 6. The van der Waals surface area contributed by atoms with Crippen LogP contribution in [0.3, 0.4) is 0 Å². The number of hydrogen-bond acceptors (Lipinski definition) is 3. The molecule has 2 heterocycles. The van der Waals surface area contributed by atoms with E-state index in [1.54, 1.807) is 16.8 Å². The Morgan fingerprint density at radius 1 is 1.13 bits per heavy atom. The standard InChI is InChI=1S/C23H23ClFN5/c1-15(21-13-27-29(3)16(21)2)26-12-17-14-30(19-10-8-18(25)9-11-19)28-23(17)20-6-4-5-7-22(20)24/h4-11,13-15,26H,12H2,1-3H3/t15-/m0/s1. The molecule has 0 amide bonds. The molecular weight excluding hydrogens is 401 g/mol. The third-order valence-corrected chi connectivity index (χ3v) is 5.68. The molecule has 0 fully saturated rings. The van der Waals surface area contributed by atoms with Crippen LogP contribution in [0.1, 0.15) is 29.8 Å². The Hall–Kier alpha value is -2.96. The van der Waals surface area contributed by atoms with E-state index < -0.39 is 0 Å². The first-order valence-corrected chi connectivity index (χ1v) is 10.1. The Morgan fingerprint density at radius 3 is 2.53 bits per heavy atom. The maximum atomic E-state index is 13.3. The van der Waals surface area contributed by atoms with Gasteiger partial charge in [-0.2, -0.15) is 10.2 Å². The summed E-state index contributed by atoms with van der Waals surface area (Å²) < 4.78 is 17.0. The van der Waals surface area contributed by atoms with E-state index in [9.17, 15) is 4.39 Å². The minimum Gasteiger partial charge on any atom is -0.306 e. The third-order valence-electron chi connectivity index (χ3n) is 5.35. The number of nitrogens with zero attached hydrogens (tertiary/aromatic N) is 4. The molecular formula is C23H23ClFN5. The van der Waals surface area contributed by atoms with E-state index in [4.69, 9.17) is 16.7 Å². The summed E-state index contributed by atoms with van der Waals surface area (Å²) in [5, 5.41) is 13.3. The highest BCUT2D eigenvalue weighted by Gasteiger charge is 2.17. The van der Waals surface area contributed by atoms with E-state index in [2.05, 4.69) is 24.3 Å². The van der Waals surface area contributed by atoms with Crippen LogP contribution in [-0.4, -0.2) is 19.6 Å². The molecule has 0 aliphatic heterocycles. The van der Waals surface area contributed by atoms with Gasteiger partial charge in [0, 0.05) is 48.2 Å². The van der Waals surface area contributed by atoms with E-state index in [-0.39, 0.29) is 11.9 Å². The van der Waals surface area contributed by atoms with Crippen molar-refractivity contribution in [2.75, 3.05) is 0 Å². The normalized spacial score (nSPS) is 12.3. The minimum atomic E-state index is -0.278. The van der Waals surface area contributed by atoms with Crippen molar-refractivity contribution in [2.24, 2.45) is 7.05 Å². The summed E-state index contributed by atoms with van der Waals surface area (Å²) in [6, 6.07) is 14.0. The van der Waals surface area contributed by atoms with Crippen molar-refractivity contribution in [3.05, 3.63) is 88.6 Å². The van der Waals surface area contributed by atoms with Gasteiger partial charge in [0.1, 0.15) is 5.82 Å². The highest BCUT2D eigenvalue weighted by Crippen LogP contribution is 2.30. The second kappa shape index (κ2) is 8.42. The van der Waals surface area contributed by atoms with Crippen molar-refractivity contribution < 1.29 is 4.39 Å². The first-order valence-electron chi connectivity index (χ1n) is 9.75. The topological polar surface area (TPSA) is 47.7 Å². The Bertz CT molecular complexity index is 1160. The summed E-state index contributed by atoms with van der Waals surface area (Å²) in [6.07, 6.45) is 3.85. The highest BCUT2D eigenvalue weighted by molar-refractivity contribution is 6.33. The van der Waals surface area contributed by atoms with Gasteiger partial charge < -0.3 is 5.32 Å². The highest BCUT2D eigenvalue weighted by atomic mass is 35.5. The van der Waals surface area contributed by atoms with Crippen LogP contribution in [0.2, 0.25) is 5.02 Å². The van der Waals surface area contributed by atoms with Crippen LogP contribution >= 0.6 is 11.6 Å². The van der Waals surface area contributed by atoms with Gasteiger partial charge in [-0.15, -0.1) is 0 Å². The molecule has 1 atom stereocenters. The monoisotopic (exact) mass is 423 g/mol. The van der Waals surface area contributed by atoms with Gasteiger partial charge in [0.25, 0.3) is 0 Å². The van der Waals surface area contributed by atoms with Crippen molar-refractivity contribution in [2.45, 2.75) is 26.4 Å². The average molecular weight is 424 g/mol. The molecule has 2 aromatic heterocycles. The van der Waals surface area contributed by atoms with Gasteiger partial charge in [-0.25, -0.2) is 9.07 Å². The number of nitrogens with one attached hydrogen (secondary N) is 1. The SMILES string of the molecule is Cc1c([C@H](C)NCc2cn(-c3ccc(F)cc3)nc2-c2ccccc2Cl)cnn1C. The minimum absolute atomic E-state index is 0.118. The summed E-state index contributed by atoms with van der Waals surface area (Å²) in [7, 11) is 1.94. The number of benzene rings is 2. The number of aryl methyl sites for hydroxylation is 1. The Balaban J connectivity index is 1.67. The fourth-order valence-electron chi connectivity index (χ4n) is 3.46. The van der Waals surface area contributed by atoms with Crippen LogP contribution in [0.5, 0.6) is 0 Å². The summed E-state index contributed by atoms with van der Waals surface area (Å²) in [5.74, 6) is -0.278. The lowest BCUT2D eigenvalue weighted by atomic mass is 10.1. The lowest BCUT2D eigenvalue weighted by Gasteiger charge is -2.14. The smallest absolute Gasteiger partial charge is 0.123 e. The summed E-state index contributed by atoms with van der Waals surface area (Å²) >= 11 is 6.46. The third kappa shape index (κ3) is 4.01. The average Bonchev–Trinajstić information content (AvgIpc) is 3.31. The van der Waals surface area contributed by atoms with E-state index >= 15 is 0 Å². The zero-order valence-corrected chi connectivity index (χ0v) is 17.9. The molecule has 1 N–H and O–H groups in total. The quantitative estimate of drug-likeness (QED) is 0.462. The lowest BCUT2D eigenvalue weighted by Crippen LogP contribution is -2.18. The molecule has 0 saturated carbocycles. The molecule has 0 aliphatic rings. The molecule has 4 aromatic rings. The van der Waals surface area contributed by atoms with Gasteiger partial charge in [-0.1, -0.05) is 29.8 Å². The number of aromatic nitrogens is 4. The van der Waals surface area contributed by atoms with Crippen molar-refractivity contribution in [3.8, 4) is 16.9 Å². The van der Waals surface area contributed by atoms with Crippen LogP contribution < -0.4 is 5.32 Å². The summed E-state index contributed by atoms with van der Waals surface area (Å²) in [5.41, 5.74) is 5.73. The molecule has 0 saturated heterocycles. The van der Waals surface area contributed by atoms with Gasteiger partial charge in [0.15, 0.2) is 0 Å². The van der Waals surface area contributed by atoms with Gasteiger partial charge in [0.05, 0.1) is 22.6 Å². The van der Waals surface area contributed by atoms with E-state index in [1.165, 1.54) is 12.1 Å². The maximum Gasteiger partial charge on any atom is 0.123 e. The molecule has 30 heavy (non-hydrogen) atoms. The molecule has 0 unspecified atom stereocenters. The summed E-state index contributed by atoms with van der Waals surface area (Å²) in [4.78, 5) is 0. The van der Waals surface area contributed by atoms with Crippen molar-refractivity contribution in [1.82, 2.24) is 24.9 Å². The number of hydrogen-bond donors (Lipinski definition) is 1. The first kappa shape index (κ1) is 20.3. The van der Waals surface area contributed by atoms with Gasteiger partial charge in [-0.05, 0) is 44.2 Å². The predicted octanol–water partition coefficient (Wildman–Crippen LogP) is 5.22. The van der Waals surface area contributed by atoms with Gasteiger partial charge >= 0.3 is 0 Å². The second-order valence-corrected chi connectivity index (χ2v) is 7.72. The van der Waals surface area contributed by atoms with E-state index in [0.29, 0.717) is 11.6 Å². The Morgan fingerprint density at radius 2 is 1.87 bits per heavy atom. The predicted molar refractivity (Wildman–Crippen MR) is 117 cm³/mol. The van der Waals surface area contributed by atoms with Crippen LogP contribution in [0.4, 0.5) is 4.39 Å². The molecule has 7 heteroatoms. The van der Waals surface area contributed by atoms with Gasteiger partial charge in [0.2, 0.25) is 0 Å². The fraction of sp³-hybridized carbons (Fsp3) is 0.217. The van der Waals surface area contributed by atoms with Crippen LogP contribution in [0.25, 0.3) is 16.9 Å². The Labute approximate surface area is 180 Å². The number of halogens is 2. The zero-order valence-electron chi connectivity index (χ0n) is 17.1. The van der Waals surface area contributed by atoms with Crippen LogP contribution in [-0.2, 0) is 13.6 Å². The zero-order chi connectivity index (χ0) is 21.3. The van der Waals surface area contributed by atoms with E-state index in [0.717, 1.165) is 33.8 Å². The molecule has 0 spiro atoms. The Kier molecular flexibility index (Phi) is 5.70. The van der Waals surface area contributed by atoms with Crippen molar-refractivity contribution in [1.29, 1.82) is 0 Å². The van der Waals surface area contributed by atoms with Crippen molar-refractivity contribution in [3.63, 3.8) is 0 Å².